The Morgan fingerprint density at radius 1 is 1.19 bits per heavy atom. The van der Waals surface area contributed by atoms with E-state index in [9.17, 15) is 9.59 Å². The van der Waals surface area contributed by atoms with Crippen molar-refractivity contribution in [3.8, 4) is 5.75 Å². The first-order chi connectivity index (χ1) is 12.5. The summed E-state index contributed by atoms with van der Waals surface area (Å²) >= 11 is 1.26. The summed E-state index contributed by atoms with van der Waals surface area (Å²) in [6.45, 7) is 0. The van der Waals surface area contributed by atoms with E-state index in [0.29, 0.717) is 21.5 Å². The maximum Gasteiger partial charge on any atom is 0.335 e. The first-order valence-corrected chi connectivity index (χ1v) is 8.54. The maximum absolute atomic E-state index is 12.5. The van der Waals surface area contributed by atoms with Crippen molar-refractivity contribution in [3.63, 3.8) is 0 Å². The monoisotopic (exact) mass is 368 g/mol. The van der Waals surface area contributed by atoms with E-state index < -0.39 is 5.97 Å². The number of aliphatic imine (C=N–C) groups is 1. The highest BCUT2D eigenvalue weighted by Crippen LogP contribution is 2.34. The number of likely N-dealkylation sites (N-methyl/N-ethyl adjacent to an activating group) is 1. The van der Waals surface area contributed by atoms with Gasteiger partial charge in [0.25, 0.3) is 5.91 Å². The lowest BCUT2D eigenvalue weighted by atomic mass is 10.2. The highest BCUT2D eigenvalue weighted by atomic mass is 32.2. The lowest BCUT2D eigenvalue weighted by Crippen LogP contribution is -2.23. The SMILES string of the molecule is COc1ccccc1C=C1SC(=Nc2ccc(C(=O)O)cc2)N(C)C1=O. The predicted molar refractivity (Wildman–Crippen MR) is 102 cm³/mol. The molecule has 1 aliphatic heterocycles. The van der Waals surface area contributed by atoms with Crippen LogP contribution in [0.15, 0.2) is 58.4 Å². The zero-order valence-corrected chi connectivity index (χ0v) is 15.0. The topological polar surface area (TPSA) is 79.2 Å². The van der Waals surface area contributed by atoms with Crippen LogP contribution in [0.1, 0.15) is 15.9 Å². The minimum absolute atomic E-state index is 0.151. The van der Waals surface area contributed by atoms with Gasteiger partial charge in [-0.25, -0.2) is 9.79 Å². The van der Waals surface area contributed by atoms with E-state index in [1.807, 2.05) is 24.3 Å². The van der Waals surface area contributed by atoms with Crippen molar-refractivity contribution in [2.45, 2.75) is 0 Å². The number of benzene rings is 2. The molecule has 2 aromatic rings. The van der Waals surface area contributed by atoms with Crippen molar-refractivity contribution in [3.05, 3.63) is 64.6 Å². The van der Waals surface area contributed by atoms with Crippen molar-refractivity contribution in [2.24, 2.45) is 4.99 Å². The molecular formula is C19H16N2O4S. The largest absolute Gasteiger partial charge is 0.496 e. The third-order valence-electron chi connectivity index (χ3n) is 3.77. The summed E-state index contributed by atoms with van der Waals surface area (Å²) in [7, 11) is 3.24. The maximum atomic E-state index is 12.5. The Morgan fingerprint density at radius 3 is 2.54 bits per heavy atom. The molecule has 26 heavy (non-hydrogen) atoms. The van der Waals surface area contributed by atoms with Crippen LogP contribution in [0, 0.1) is 0 Å². The summed E-state index contributed by atoms with van der Waals surface area (Å²) in [6, 6.07) is 13.6. The average molecular weight is 368 g/mol. The van der Waals surface area contributed by atoms with E-state index in [1.165, 1.54) is 28.8 Å². The van der Waals surface area contributed by atoms with E-state index in [0.717, 1.165) is 5.56 Å². The number of carboxylic acids is 1. The Balaban J connectivity index is 1.88. The van der Waals surface area contributed by atoms with Crippen molar-refractivity contribution < 1.29 is 19.4 Å². The highest BCUT2D eigenvalue weighted by Gasteiger charge is 2.30. The molecule has 1 N–H and O–H groups in total. The number of methoxy groups -OCH3 is 1. The lowest BCUT2D eigenvalue weighted by Gasteiger charge is -2.07. The minimum atomic E-state index is -0.992. The minimum Gasteiger partial charge on any atom is -0.496 e. The Kier molecular flexibility index (Phi) is 5.09. The molecule has 0 radical (unpaired) electrons. The van der Waals surface area contributed by atoms with Crippen LogP contribution in [0.5, 0.6) is 5.75 Å². The second-order valence-corrected chi connectivity index (χ2v) is 6.47. The number of para-hydroxylation sites is 1. The molecule has 3 rings (SSSR count). The normalized spacial score (nSPS) is 17.2. The molecule has 0 saturated carbocycles. The molecule has 1 fully saturated rings. The number of amidine groups is 1. The summed E-state index contributed by atoms with van der Waals surface area (Å²) in [4.78, 5) is 29.9. The lowest BCUT2D eigenvalue weighted by molar-refractivity contribution is -0.121. The van der Waals surface area contributed by atoms with E-state index in [2.05, 4.69) is 4.99 Å². The van der Waals surface area contributed by atoms with Crippen LogP contribution in [0.4, 0.5) is 5.69 Å². The molecule has 0 atom stereocenters. The molecule has 132 valence electrons. The van der Waals surface area contributed by atoms with Gasteiger partial charge < -0.3 is 9.84 Å². The summed E-state index contributed by atoms with van der Waals surface area (Å²) in [5.74, 6) is -0.457. The fourth-order valence-electron chi connectivity index (χ4n) is 2.37. The quantitative estimate of drug-likeness (QED) is 0.834. The van der Waals surface area contributed by atoms with Gasteiger partial charge in [-0.2, -0.15) is 0 Å². The van der Waals surface area contributed by atoms with Crippen LogP contribution in [0.2, 0.25) is 0 Å². The number of hydrogen-bond acceptors (Lipinski definition) is 5. The molecule has 0 aromatic heterocycles. The van der Waals surface area contributed by atoms with Gasteiger partial charge in [-0.15, -0.1) is 0 Å². The first kappa shape index (κ1) is 17.8. The molecular weight excluding hydrogens is 352 g/mol. The number of carbonyl (C=O) groups is 2. The van der Waals surface area contributed by atoms with Gasteiger partial charge >= 0.3 is 5.97 Å². The molecule has 1 aliphatic rings. The summed E-state index contributed by atoms with van der Waals surface area (Å²) in [6.07, 6.45) is 1.78. The fourth-order valence-corrected chi connectivity index (χ4v) is 3.35. The van der Waals surface area contributed by atoms with Crippen LogP contribution in [0.25, 0.3) is 6.08 Å². The molecule has 1 saturated heterocycles. The van der Waals surface area contributed by atoms with Crippen molar-refractivity contribution in [1.82, 2.24) is 4.90 Å². The van der Waals surface area contributed by atoms with Crippen molar-refractivity contribution in [1.29, 1.82) is 0 Å². The van der Waals surface area contributed by atoms with Crippen LogP contribution < -0.4 is 4.74 Å². The molecule has 7 heteroatoms. The summed E-state index contributed by atoms with van der Waals surface area (Å²) in [5.41, 5.74) is 1.58. The van der Waals surface area contributed by atoms with E-state index in [1.54, 1.807) is 32.4 Å². The number of aromatic carboxylic acids is 1. The van der Waals surface area contributed by atoms with Crippen molar-refractivity contribution >= 4 is 40.6 Å². The van der Waals surface area contributed by atoms with Gasteiger partial charge in [0.1, 0.15) is 5.75 Å². The Bertz CT molecular complexity index is 919. The highest BCUT2D eigenvalue weighted by molar-refractivity contribution is 8.18. The third kappa shape index (κ3) is 3.62. The number of hydrogen-bond donors (Lipinski definition) is 1. The molecule has 0 aliphatic carbocycles. The number of thioether (sulfide) groups is 1. The zero-order valence-electron chi connectivity index (χ0n) is 14.2. The van der Waals surface area contributed by atoms with Crippen molar-refractivity contribution in [2.75, 3.05) is 14.2 Å². The molecule has 6 nitrogen and oxygen atoms in total. The summed E-state index contributed by atoms with van der Waals surface area (Å²) in [5, 5.41) is 9.47. The van der Waals surface area contributed by atoms with Gasteiger partial charge in [0.2, 0.25) is 0 Å². The van der Waals surface area contributed by atoms with Gasteiger partial charge in [0.15, 0.2) is 5.17 Å². The molecule has 0 spiro atoms. The summed E-state index contributed by atoms with van der Waals surface area (Å²) < 4.78 is 5.31. The second-order valence-electron chi connectivity index (χ2n) is 5.46. The Morgan fingerprint density at radius 2 is 1.88 bits per heavy atom. The molecule has 0 bridgehead atoms. The standard InChI is InChI=1S/C19H16N2O4S/c1-21-17(22)16(11-13-5-3-4-6-15(13)25-2)26-19(21)20-14-9-7-12(8-10-14)18(23)24/h3-11H,1-2H3,(H,23,24). The number of nitrogens with zero attached hydrogens (tertiary/aromatic N) is 2. The van der Waals surface area contributed by atoms with Gasteiger partial charge in [0.05, 0.1) is 23.3 Å². The first-order valence-electron chi connectivity index (χ1n) is 7.72. The van der Waals surface area contributed by atoms with E-state index >= 15 is 0 Å². The molecule has 1 heterocycles. The van der Waals surface area contributed by atoms with Gasteiger partial charge in [0, 0.05) is 12.6 Å². The van der Waals surface area contributed by atoms with Crippen LogP contribution in [-0.2, 0) is 4.79 Å². The molecule has 2 aromatic carbocycles. The predicted octanol–water partition coefficient (Wildman–Crippen LogP) is 3.63. The molecule has 0 unspecified atom stereocenters. The van der Waals surface area contributed by atoms with Crippen LogP contribution in [0.3, 0.4) is 0 Å². The Labute approximate surface area is 154 Å². The van der Waals surface area contributed by atoms with Crippen LogP contribution >= 0.6 is 11.8 Å². The average Bonchev–Trinajstić information content (AvgIpc) is 2.90. The smallest absolute Gasteiger partial charge is 0.335 e. The number of carboxylic acid groups (broad SMARTS) is 1. The second kappa shape index (κ2) is 7.45. The number of amides is 1. The van der Waals surface area contributed by atoms with Gasteiger partial charge in [-0.05, 0) is 48.2 Å². The number of rotatable bonds is 4. The fraction of sp³-hybridized carbons (Fsp3) is 0.105. The van der Waals surface area contributed by atoms with Gasteiger partial charge in [-0.1, -0.05) is 18.2 Å². The molecule has 1 amide bonds. The number of carbonyl (C=O) groups excluding carboxylic acids is 1. The van der Waals surface area contributed by atoms with E-state index in [-0.39, 0.29) is 11.5 Å². The van der Waals surface area contributed by atoms with Gasteiger partial charge in [-0.3, -0.25) is 9.69 Å². The van der Waals surface area contributed by atoms with Crippen LogP contribution in [-0.4, -0.2) is 41.2 Å². The number of ether oxygens (including phenoxy) is 1. The zero-order chi connectivity index (χ0) is 18.7. The van der Waals surface area contributed by atoms with E-state index in [4.69, 9.17) is 9.84 Å². The third-order valence-corrected chi connectivity index (χ3v) is 4.83. The Hall–Kier alpha value is -3.06.